The van der Waals surface area contributed by atoms with Crippen LogP contribution in [0.3, 0.4) is 0 Å². The lowest BCUT2D eigenvalue weighted by Gasteiger charge is -2.11. The quantitative estimate of drug-likeness (QED) is 0.497. The maximum absolute atomic E-state index is 12.4. The van der Waals surface area contributed by atoms with E-state index in [0.717, 1.165) is 27.4 Å². The maximum atomic E-state index is 12.4. The molecule has 0 spiro atoms. The van der Waals surface area contributed by atoms with Crippen LogP contribution < -0.4 is 4.74 Å². The maximum Gasteiger partial charge on any atom is 0.293 e. The van der Waals surface area contributed by atoms with E-state index in [9.17, 15) is 9.59 Å². The van der Waals surface area contributed by atoms with E-state index in [2.05, 4.69) is 15.9 Å². The van der Waals surface area contributed by atoms with Gasteiger partial charge in [-0.05, 0) is 57.5 Å². The van der Waals surface area contributed by atoms with Crippen molar-refractivity contribution in [3.8, 4) is 5.75 Å². The molecule has 0 atom stereocenters. The second kappa shape index (κ2) is 9.60. The number of nitrogens with zero attached hydrogens (tertiary/aromatic N) is 1. The highest BCUT2D eigenvalue weighted by atomic mass is 79.9. The SMILES string of the molecule is COCCN1C(=O)S/C(=C/c2ccc(OCc3ccccc3Cl)c(Br)c2)C1=O. The molecule has 2 aromatic carbocycles. The van der Waals surface area contributed by atoms with E-state index in [4.69, 9.17) is 21.1 Å². The Hall–Kier alpha value is -1.80. The van der Waals surface area contributed by atoms with E-state index < -0.39 is 0 Å². The first-order valence-electron chi connectivity index (χ1n) is 8.39. The molecule has 0 N–H and O–H groups in total. The molecule has 5 nitrogen and oxygen atoms in total. The van der Waals surface area contributed by atoms with E-state index in [1.807, 2.05) is 42.5 Å². The van der Waals surface area contributed by atoms with Crippen LogP contribution in [0.15, 0.2) is 51.8 Å². The number of rotatable bonds is 7. The summed E-state index contributed by atoms with van der Waals surface area (Å²) in [6.07, 6.45) is 1.69. The van der Waals surface area contributed by atoms with Gasteiger partial charge in [-0.25, -0.2) is 0 Å². The van der Waals surface area contributed by atoms with Crippen LogP contribution in [-0.2, 0) is 16.1 Å². The van der Waals surface area contributed by atoms with Crippen molar-refractivity contribution in [3.63, 3.8) is 0 Å². The topological polar surface area (TPSA) is 55.8 Å². The van der Waals surface area contributed by atoms with Crippen LogP contribution in [0.5, 0.6) is 5.75 Å². The van der Waals surface area contributed by atoms with Gasteiger partial charge in [-0.2, -0.15) is 0 Å². The number of thioether (sulfide) groups is 1. The molecule has 28 heavy (non-hydrogen) atoms. The molecule has 146 valence electrons. The Bertz CT molecular complexity index is 934. The Morgan fingerprint density at radius 2 is 2.00 bits per heavy atom. The molecular formula is C20H17BrClNO4S. The Morgan fingerprint density at radius 3 is 2.71 bits per heavy atom. The van der Waals surface area contributed by atoms with Gasteiger partial charge in [-0.1, -0.05) is 35.9 Å². The van der Waals surface area contributed by atoms with Gasteiger partial charge in [-0.15, -0.1) is 0 Å². The molecule has 0 aromatic heterocycles. The van der Waals surface area contributed by atoms with Crippen molar-refractivity contribution in [2.45, 2.75) is 6.61 Å². The third kappa shape index (κ3) is 4.97. The van der Waals surface area contributed by atoms with Crippen LogP contribution in [0.2, 0.25) is 5.02 Å². The summed E-state index contributed by atoms with van der Waals surface area (Å²) < 4.78 is 11.5. The largest absolute Gasteiger partial charge is 0.488 e. The molecule has 1 aliphatic rings. The van der Waals surface area contributed by atoms with Crippen LogP contribution in [0, 0.1) is 0 Å². The lowest BCUT2D eigenvalue weighted by atomic mass is 10.2. The highest BCUT2D eigenvalue weighted by Crippen LogP contribution is 2.34. The number of hydrogen-bond donors (Lipinski definition) is 0. The average molecular weight is 483 g/mol. The van der Waals surface area contributed by atoms with Crippen LogP contribution >= 0.6 is 39.3 Å². The Balaban J connectivity index is 1.70. The van der Waals surface area contributed by atoms with Crippen LogP contribution in [-0.4, -0.2) is 36.3 Å². The van der Waals surface area contributed by atoms with Gasteiger partial charge in [0.25, 0.3) is 11.1 Å². The summed E-state index contributed by atoms with van der Waals surface area (Å²) in [6, 6.07) is 13.0. The van der Waals surface area contributed by atoms with E-state index in [1.54, 1.807) is 6.08 Å². The predicted molar refractivity (Wildman–Crippen MR) is 114 cm³/mol. The molecule has 1 fully saturated rings. The van der Waals surface area contributed by atoms with Crippen molar-refractivity contribution < 1.29 is 19.1 Å². The number of carbonyl (C=O) groups excluding carboxylic acids is 2. The summed E-state index contributed by atoms with van der Waals surface area (Å²) in [5.41, 5.74) is 1.68. The number of benzene rings is 2. The highest BCUT2D eigenvalue weighted by molar-refractivity contribution is 9.10. The van der Waals surface area contributed by atoms with Crippen molar-refractivity contribution >= 4 is 56.5 Å². The Morgan fingerprint density at radius 1 is 1.21 bits per heavy atom. The fraction of sp³-hybridized carbons (Fsp3) is 0.200. The van der Waals surface area contributed by atoms with Gasteiger partial charge in [-0.3, -0.25) is 14.5 Å². The number of methoxy groups -OCH3 is 1. The Labute approximate surface area is 180 Å². The molecule has 0 radical (unpaired) electrons. The second-order valence-corrected chi connectivity index (χ2v) is 8.15. The van der Waals surface area contributed by atoms with E-state index >= 15 is 0 Å². The van der Waals surface area contributed by atoms with Gasteiger partial charge in [0.15, 0.2) is 0 Å². The minimum absolute atomic E-state index is 0.247. The van der Waals surface area contributed by atoms with E-state index in [1.165, 1.54) is 12.0 Å². The zero-order chi connectivity index (χ0) is 20.1. The van der Waals surface area contributed by atoms with Crippen molar-refractivity contribution in [3.05, 3.63) is 68.0 Å². The molecule has 3 rings (SSSR count). The molecule has 2 amide bonds. The number of carbonyl (C=O) groups is 2. The van der Waals surface area contributed by atoms with Crippen molar-refractivity contribution in [1.82, 2.24) is 4.90 Å². The lowest BCUT2D eigenvalue weighted by molar-refractivity contribution is -0.123. The summed E-state index contributed by atoms with van der Waals surface area (Å²) in [7, 11) is 1.53. The fourth-order valence-electron chi connectivity index (χ4n) is 2.52. The monoisotopic (exact) mass is 481 g/mol. The molecule has 0 bridgehead atoms. The molecule has 1 heterocycles. The summed E-state index contributed by atoms with van der Waals surface area (Å²) in [4.78, 5) is 25.9. The zero-order valence-corrected chi connectivity index (χ0v) is 18.1. The molecule has 1 saturated heterocycles. The molecule has 0 aliphatic carbocycles. The number of imide groups is 1. The summed E-state index contributed by atoms with van der Waals surface area (Å²) in [5.74, 6) is 0.354. The summed E-state index contributed by atoms with van der Waals surface area (Å²) >= 11 is 10.6. The fourth-order valence-corrected chi connectivity index (χ4v) is 4.09. The molecular weight excluding hydrogens is 466 g/mol. The minimum Gasteiger partial charge on any atom is -0.488 e. The van der Waals surface area contributed by atoms with Crippen LogP contribution in [0.1, 0.15) is 11.1 Å². The van der Waals surface area contributed by atoms with Gasteiger partial charge in [0, 0.05) is 17.7 Å². The van der Waals surface area contributed by atoms with Crippen molar-refractivity contribution in [2.75, 3.05) is 20.3 Å². The van der Waals surface area contributed by atoms with Crippen molar-refractivity contribution in [2.24, 2.45) is 0 Å². The van der Waals surface area contributed by atoms with Gasteiger partial charge in [0.1, 0.15) is 12.4 Å². The first kappa shape index (κ1) is 20.9. The third-order valence-corrected chi connectivity index (χ3v) is 5.88. The Kier molecular flexibility index (Phi) is 7.18. The lowest BCUT2D eigenvalue weighted by Crippen LogP contribution is -2.31. The zero-order valence-electron chi connectivity index (χ0n) is 15.0. The van der Waals surface area contributed by atoms with Crippen LogP contribution in [0.4, 0.5) is 4.79 Å². The van der Waals surface area contributed by atoms with Crippen LogP contribution in [0.25, 0.3) is 6.08 Å². The molecule has 8 heteroatoms. The van der Waals surface area contributed by atoms with Gasteiger partial charge >= 0.3 is 0 Å². The van der Waals surface area contributed by atoms with E-state index in [-0.39, 0.29) is 17.7 Å². The smallest absolute Gasteiger partial charge is 0.293 e. The summed E-state index contributed by atoms with van der Waals surface area (Å²) in [6.45, 7) is 0.904. The number of amides is 2. The first-order chi connectivity index (χ1) is 13.5. The van der Waals surface area contributed by atoms with Crippen molar-refractivity contribution in [1.29, 1.82) is 0 Å². The standard InChI is InChI=1S/C20H17BrClNO4S/c1-26-9-8-23-19(24)18(28-20(23)25)11-13-6-7-17(15(21)10-13)27-12-14-4-2-3-5-16(14)22/h2-7,10-11H,8-9,12H2,1H3/b18-11+. The normalized spacial score (nSPS) is 15.5. The third-order valence-electron chi connectivity index (χ3n) is 3.99. The highest BCUT2D eigenvalue weighted by Gasteiger charge is 2.34. The predicted octanol–water partition coefficient (Wildman–Crippen LogP) is 5.36. The first-order valence-corrected chi connectivity index (χ1v) is 10.4. The number of halogens is 2. The van der Waals surface area contributed by atoms with E-state index in [0.29, 0.717) is 28.9 Å². The van der Waals surface area contributed by atoms with Gasteiger partial charge in [0.05, 0.1) is 22.5 Å². The molecule has 2 aromatic rings. The minimum atomic E-state index is -0.304. The average Bonchev–Trinajstić information content (AvgIpc) is 2.93. The molecule has 1 aliphatic heterocycles. The molecule has 0 saturated carbocycles. The number of ether oxygens (including phenoxy) is 2. The van der Waals surface area contributed by atoms with Gasteiger partial charge < -0.3 is 9.47 Å². The second-order valence-electron chi connectivity index (χ2n) is 5.90. The summed E-state index contributed by atoms with van der Waals surface area (Å²) in [5, 5.41) is 0.367. The van der Waals surface area contributed by atoms with Gasteiger partial charge in [0.2, 0.25) is 0 Å². The molecule has 0 unspecified atom stereocenters. The number of hydrogen-bond acceptors (Lipinski definition) is 5.